The Kier molecular flexibility index (Phi) is 6.74. The fraction of sp³-hybridized carbons (Fsp3) is 0.391. The van der Waals surface area contributed by atoms with E-state index < -0.39 is 0 Å². The molecule has 10 nitrogen and oxygen atoms in total. The molecule has 3 heterocycles. The van der Waals surface area contributed by atoms with Gasteiger partial charge in [-0.05, 0) is 32.9 Å². The second kappa shape index (κ2) is 9.57. The summed E-state index contributed by atoms with van der Waals surface area (Å²) in [6, 6.07) is 5.30. The molecule has 180 valence electrons. The third kappa shape index (κ3) is 4.56. The van der Waals surface area contributed by atoms with Crippen molar-refractivity contribution >= 4 is 45.3 Å². The number of halogens is 1. The smallest absolute Gasteiger partial charge is 0.251 e. The molecule has 0 atom stereocenters. The number of rotatable bonds is 8. The molecule has 11 heteroatoms. The summed E-state index contributed by atoms with van der Waals surface area (Å²) >= 11 is 6.75. The average molecular weight is 486 g/mol. The van der Waals surface area contributed by atoms with Gasteiger partial charge in [0.2, 0.25) is 0 Å². The normalized spacial score (nSPS) is 12.0. The van der Waals surface area contributed by atoms with Gasteiger partial charge < -0.3 is 25.5 Å². The third-order valence-electron chi connectivity index (χ3n) is 5.33. The zero-order valence-corrected chi connectivity index (χ0v) is 20.4. The molecule has 0 radical (unpaired) electrons. The van der Waals surface area contributed by atoms with Crippen molar-refractivity contribution < 1.29 is 14.3 Å². The van der Waals surface area contributed by atoms with E-state index >= 15 is 0 Å². The highest BCUT2D eigenvalue weighted by molar-refractivity contribution is 6.38. The van der Waals surface area contributed by atoms with Crippen LogP contribution in [-0.4, -0.2) is 64.1 Å². The van der Waals surface area contributed by atoms with Crippen molar-refractivity contribution in [3.05, 3.63) is 35.1 Å². The monoisotopic (exact) mass is 485 g/mol. The Morgan fingerprint density at radius 3 is 2.76 bits per heavy atom. The Morgan fingerprint density at radius 2 is 2.03 bits per heavy atom. The quantitative estimate of drug-likeness (QED) is 0.326. The summed E-state index contributed by atoms with van der Waals surface area (Å²) in [5, 5.41) is 9.51. The first kappa shape index (κ1) is 23.9. The number of hydrogen-bond acceptors (Lipinski definition) is 7. The zero-order chi connectivity index (χ0) is 24.5. The van der Waals surface area contributed by atoms with Crippen molar-refractivity contribution in [1.82, 2.24) is 30.0 Å². The second-order valence-electron chi connectivity index (χ2n) is 8.82. The summed E-state index contributed by atoms with van der Waals surface area (Å²) in [5.41, 5.74) is 8.86. The van der Waals surface area contributed by atoms with E-state index in [0.29, 0.717) is 70.7 Å². The van der Waals surface area contributed by atoms with Crippen LogP contribution in [0.25, 0.3) is 33.3 Å². The maximum atomic E-state index is 12.6. The van der Waals surface area contributed by atoms with Crippen molar-refractivity contribution in [1.29, 1.82) is 0 Å². The van der Waals surface area contributed by atoms with Gasteiger partial charge >= 0.3 is 0 Å². The molecule has 4 aromatic rings. The molecule has 1 aromatic carbocycles. The van der Waals surface area contributed by atoms with Crippen LogP contribution in [0, 0.1) is 0 Å². The molecule has 0 fully saturated rings. The van der Waals surface area contributed by atoms with E-state index in [1.807, 2.05) is 31.5 Å². The number of methoxy groups -OCH3 is 1. The van der Waals surface area contributed by atoms with E-state index in [2.05, 4.69) is 20.3 Å². The minimum Gasteiger partial charge on any atom is -0.383 e. The predicted molar refractivity (Wildman–Crippen MR) is 132 cm³/mol. The molecule has 3 aromatic heterocycles. The number of nitrogens with two attached hydrogens (primary N) is 1. The Morgan fingerprint density at radius 1 is 1.24 bits per heavy atom. The van der Waals surface area contributed by atoms with Crippen LogP contribution < -0.4 is 11.1 Å². The first-order valence-corrected chi connectivity index (χ1v) is 11.3. The van der Waals surface area contributed by atoms with Crippen LogP contribution >= 0.6 is 11.6 Å². The molecule has 0 aliphatic heterocycles. The lowest BCUT2D eigenvalue weighted by molar-refractivity contribution is 0.0693. The zero-order valence-electron chi connectivity index (χ0n) is 19.6. The number of carbonyl (C=O) groups is 1. The van der Waals surface area contributed by atoms with E-state index in [1.54, 1.807) is 19.2 Å². The van der Waals surface area contributed by atoms with Gasteiger partial charge in [0, 0.05) is 30.1 Å². The van der Waals surface area contributed by atoms with E-state index in [0.717, 1.165) is 5.39 Å². The van der Waals surface area contributed by atoms with Gasteiger partial charge in [-0.2, -0.15) is 5.10 Å². The average Bonchev–Trinajstić information content (AvgIpc) is 3.34. The molecule has 0 unspecified atom stereocenters. The van der Waals surface area contributed by atoms with Gasteiger partial charge in [-0.25, -0.2) is 14.6 Å². The molecule has 34 heavy (non-hydrogen) atoms. The van der Waals surface area contributed by atoms with Crippen molar-refractivity contribution in [2.45, 2.75) is 26.3 Å². The van der Waals surface area contributed by atoms with Crippen LogP contribution in [0.3, 0.4) is 0 Å². The number of aromatic nitrogens is 5. The topological polar surface area (TPSA) is 133 Å². The van der Waals surface area contributed by atoms with Gasteiger partial charge in [-0.1, -0.05) is 17.7 Å². The predicted octanol–water partition coefficient (Wildman–Crippen LogP) is 3.36. The van der Waals surface area contributed by atoms with Gasteiger partial charge in [0.25, 0.3) is 5.91 Å². The number of anilines is 1. The fourth-order valence-electron chi connectivity index (χ4n) is 3.67. The lowest BCUT2D eigenvalue weighted by Crippen LogP contribution is -2.27. The SMILES string of the molecule is COCCOCCNC(=O)c1ccc2c(Cl)c(-c3nn(C(C)(C)C)c4ncnc(N)c34)[nH]c2c1. The molecule has 0 aliphatic rings. The van der Waals surface area contributed by atoms with Crippen molar-refractivity contribution in [2.75, 3.05) is 39.2 Å². The van der Waals surface area contributed by atoms with Crippen molar-refractivity contribution in [3.8, 4) is 11.4 Å². The Bertz CT molecular complexity index is 1340. The van der Waals surface area contributed by atoms with Gasteiger partial charge in [0.1, 0.15) is 17.8 Å². The van der Waals surface area contributed by atoms with Crippen LogP contribution in [0.2, 0.25) is 5.02 Å². The Hall–Kier alpha value is -3.21. The van der Waals surface area contributed by atoms with E-state index in [4.69, 9.17) is 31.9 Å². The van der Waals surface area contributed by atoms with Crippen LogP contribution in [0.15, 0.2) is 24.5 Å². The summed E-state index contributed by atoms with van der Waals surface area (Å²) in [5.74, 6) is 0.114. The number of nitrogen functional groups attached to an aromatic ring is 1. The number of hydrogen-bond donors (Lipinski definition) is 3. The highest BCUT2D eigenvalue weighted by atomic mass is 35.5. The lowest BCUT2D eigenvalue weighted by Gasteiger charge is -2.19. The maximum Gasteiger partial charge on any atom is 0.251 e. The van der Waals surface area contributed by atoms with Crippen molar-refractivity contribution in [3.63, 3.8) is 0 Å². The van der Waals surface area contributed by atoms with Crippen LogP contribution in [0.1, 0.15) is 31.1 Å². The minimum atomic E-state index is -0.339. The Balaban J connectivity index is 1.66. The largest absolute Gasteiger partial charge is 0.383 e. The van der Waals surface area contributed by atoms with Crippen LogP contribution in [0.4, 0.5) is 5.82 Å². The summed E-state index contributed by atoms with van der Waals surface area (Å²) < 4.78 is 12.1. The number of ether oxygens (including phenoxy) is 2. The first-order valence-electron chi connectivity index (χ1n) is 10.9. The molecule has 0 spiro atoms. The fourth-order valence-corrected chi connectivity index (χ4v) is 3.97. The molecular weight excluding hydrogens is 458 g/mol. The number of nitrogens with zero attached hydrogens (tertiary/aromatic N) is 4. The summed E-state index contributed by atoms with van der Waals surface area (Å²) in [7, 11) is 1.61. The summed E-state index contributed by atoms with van der Waals surface area (Å²) in [6.07, 6.45) is 1.42. The molecule has 1 amide bonds. The van der Waals surface area contributed by atoms with Gasteiger partial charge in [0.15, 0.2) is 5.65 Å². The maximum absolute atomic E-state index is 12.6. The van der Waals surface area contributed by atoms with E-state index in [1.165, 1.54) is 6.33 Å². The number of fused-ring (bicyclic) bond motifs is 2. The summed E-state index contributed by atoms with van der Waals surface area (Å²) in [4.78, 5) is 24.5. The molecule has 4 N–H and O–H groups in total. The number of benzene rings is 1. The molecule has 0 saturated heterocycles. The van der Waals surface area contributed by atoms with Gasteiger partial charge in [0.05, 0.1) is 41.5 Å². The van der Waals surface area contributed by atoms with Crippen molar-refractivity contribution in [2.24, 2.45) is 0 Å². The van der Waals surface area contributed by atoms with Crippen LogP contribution in [0.5, 0.6) is 0 Å². The van der Waals surface area contributed by atoms with E-state index in [9.17, 15) is 4.79 Å². The Labute approximate surface area is 201 Å². The summed E-state index contributed by atoms with van der Waals surface area (Å²) in [6.45, 7) is 7.89. The molecular formula is C23H28ClN7O3. The number of aromatic amines is 1. The lowest BCUT2D eigenvalue weighted by atomic mass is 10.1. The molecule has 4 rings (SSSR count). The number of amides is 1. The number of carbonyl (C=O) groups excluding carboxylic acids is 1. The minimum absolute atomic E-state index is 0.204. The number of H-pyrrole nitrogens is 1. The highest BCUT2D eigenvalue weighted by Crippen LogP contribution is 2.39. The third-order valence-corrected chi connectivity index (χ3v) is 5.72. The van der Waals surface area contributed by atoms with Crippen LogP contribution in [-0.2, 0) is 15.0 Å². The number of nitrogens with one attached hydrogen (secondary N) is 2. The first-order chi connectivity index (χ1) is 16.2. The highest BCUT2D eigenvalue weighted by Gasteiger charge is 2.26. The molecule has 0 bridgehead atoms. The van der Waals surface area contributed by atoms with Gasteiger partial charge in [-0.15, -0.1) is 0 Å². The van der Waals surface area contributed by atoms with E-state index in [-0.39, 0.29) is 11.4 Å². The second-order valence-corrected chi connectivity index (χ2v) is 9.20. The molecule has 0 aliphatic carbocycles. The molecule has 0 saturated carbocycles. The van der Waals surface area contributed by atoms with Gasteiger partial charge in [-0.3, -0.25) is 4.79 Å². The standard InChI is InChI=1S/C23H28ClN7O3/c1-23(2,3)31-21-16(20(25)27-12-28-21)18(30-31)19-17(24)14-6-5-13(11-15(14)29-19)22(32)26-7-8-34-10-9-33-4/h5-6,11-12,29H,7-10H2,1-4H3,(H,26,32)(H2,25,27,28).